The fourth-order valence-electron chi connectivity index (χ4n) is 2.30. The number of rotatable bonds is 5. The van der Waals surface area contributed by atoms with Gasteiger partial charge in [-0.15, -0.1) is 0 Å². The van der Waals surface area contributed by atoms with E-state index in [0.717, 1.165) is 16.0 Å². The average molecular weight is 379 g/mol. The van der Waals surface area contributed by atoms with Crippen molar-refractivity contribution in [3.8, 4) is 17.2 Å². The summed E-state index contributed by atoms with van der Waals surface area (Å²) in [7, 11) is 4.57. The van der Waals surface area contributed by atoms with E-state index in [-0.39, 0.29) is 5.91 Å². The smallest absolute Gasteiger partial charge is 0.257 e. The third-order valence-corrected chi connectivity index (χ3v) is 4.73. The predicted molar refractivity (Wildman–Crippen MR) is 98.7 cm³/mol. The molecule has 1 aromatic heterocycles. The summed E-state index contributed by atoms with van der Waals surface area (Å²) in [4.78, 5) is 16.9. The fraction of sp³-hybridized carbons (Fsp3) is 0.176. The summed E-state index contributed by atoms with van der Waals surface area (Å²) in [6.07, 6.45) is 0. The van der Waals surface area contributed by atoms with E-state index >= 15 is 0 Å². The highest BCUT2D eigenvalue weighted by atomic mass is 35.5. The highest BCUT2D eigenvalue weighted by molar-refractivity contribution is 7.22. The summed E-state index contributed by atoms with van der Waals surface area (Å²) in [5, 5.41) is 3.55. The van der Waals surface area contributed by atoms with Gasteiger partial charge in [0.1, 0.15) is 5.75 Å². The molecule has 0 aliphatic rings. The maximum absolute atomic E-state index is 12.5. The van der Waals surface area contributed by atoms with Crippen molar-refractivity contribution < 1.29 is 19.0 Å². The van der Waals surface area contributed by atoms with E-state index in [0.29, 0.717) is 27.2 Å². The van der Waals surface area contributed by atoms with Crippen molar-refractivity contribution in [3.63, 3.8) is 0 Å². The van der Waals surface area contributed by atoms with E-state index < -0.39 is 0 Å². The number of benzene rings is 2. The lowest BCUT2D eigenvalue weighted by Gasteiger charge is -2.11. The van der Waals surface area contributed by atoms with Crippen LogP contribution >= 0.6 is 22.9 Å². The minimum absolute atomic E-state index is 0.293. The Labute approximate surface area is 153 Å². The second-order valence-electron chi connectivity index (χ2n) is 5.00. The van der Waals surface area contributed by atoms with Crippen molar-refractivity contribution in [1.29, 1.82) is 0 Å². The van der Waals surface area contributed by atoms with Gasteiger partial charge in [0.05, 0.1) is 36.6 Å². The lowest BCUT2D eigenvalue weighted by atomic mass is 10.2. The van der Waals surface area contributed by atoms with Crippen molar-refractivity contribution in [2.75, 3.05) is 26.6 Å². The largest absolute Gasteiger partial charge is 0.497 e. The number of hydrogen-bond acceptors (Lipinski definition) is 6. The topological polar surface area (TPSA) is 69.7 Å². The van der Waals surface area contributed by atoms with Crippen LogP contribution in [0.15, 0.2) is 30.3 Å². The first kappa shape index (κ1) is 17.3. The number of ether oxygens (including phenoxy) is 3. The molecule has 2 aromatic carbocycles. The van der Waals surface area contributed by atoms with E-state index in [9.17, 15) is 4.79 Å². The van der Waals surface area contributed by atoms with E-state index in [2.05, 4.69) is 10.3 Å². The first-order valence-electron chi connectivity index (χ1n) is 7.23. The third-order valence-electron chi connectivity index (χ3n) is 3.51. The molecule has 0 saturated carbocycles. The standard InChI is InChI=1S/C17H15ClN2O4S/c1-22-10-4-5-12-14(8-10)25-17(19-12)20-16(21)9-6-11(18)15(24-3)13(7-9)23-2/h4-8H,1-3H3,(H,19,20,21). The molecule has 1 N–H and O–H groups in total. The van der Waals surface area contributed by atoms with Crippen LogP contribution in [-0.2, 0) is 0 Å². The van der Waals surface area contributed by atoms with E-state index in [1.165, 1.54) is 31.6 Å². The normalized spacial score (nSPS) is 10.6. The molecule has 25 heavy (non-hydrogen) atoms. The number of aromatic nitrogens is 1. The molecule has 0 atom stereocenters. The quantitative estimate of drug-likeness (QED) is 0.719. The van der Waals surface area contributed by atoms with Gasteiger partial charge in [-0.1, -0.05) is 22.9 Å². The molecule has 0 radical (unpaired) electrons. The molecule has 3 aromatic rings. The number of thiazole rings is 1. The molecule has 0 saturated heterocycles. The predicted octanol–water partition coefficient (Wildman–Crippen LogP) is 4.23. The van der Waals surface area contributed by atoms with Crippen LogP contribution in [-0.4, -0.2) is 32.2 Å². The van der Waals surface area contributed by atoms with Gasteiger partial charge in [0.2, 0.25) is 0 Å². The highest BCUT2D eigenvalue weighted by Crippen LogP contribution is 2.36. The number of hydrogen-bond donors (Lipinski definition) is 1. The molecular weight excluding hydrogens is 364 g/mol. The molecule has 0 fully saturated rings. The monoisotopic (exact) mass is 378 g/mol. The maximum atomic E-state index is 12.5. The zero-order valence-corrected chi connectivity index (χ0v) is 15.3. The summed E-state index contributed by atoms with van der Waals surface area (Å²) in [5.41, 5.74) is 1.13. The first-order valence-corrected chi connectivity index (χ1v) is 8.42. The molecule has 130 valence electrons. The van der Waals surface area contributed by atoms with E-state index in [1.807, 2.05) is 18.2 Å². The Hall–Kier alpha value is -2.51. The molecular formula is C17H15ClN2O4S. The molecule has 0 aliphatic heterocycles. The lowest BCUT2D eigenvalue weighted by molar-refractivity contribution is 0.102. The Morgan fingerprint density at radius 3 is 2.60 bits per heavy atom. The van der Waals surface area contributed by atoms with E-state index in [4.69, 9.17) is 25.8 Å². The van der Waals surface area contributed by atoms with Gasteiger partial charge in [0, 0.05) is 5.56 Å². The first-order chi connectivity index (χ1) is 12.0. The Morgan fingerprint density at radius 1 is 1.12 bits per heavy atom. The Kier molecular flexibility index (Phi) is 4.96. The lowest BCUT2D eigenvalue weighted by Crippen LogP contribution is -2.12. The van der Waals surface area contributed by atoms with Crippen molar-refractivity contribution >= 4 is 44.2 Å². The zero-order chi connectivity index (χ0) is 18.0. The zero-order valence-electron chi connectivity index (χ0n) is 13.8. The summed E-state index contributed by atoms with van der Waals surface area (Å²) >= 11 is 7.51. The number of anilines is 1. The molecule has 8 heteroatoms. The van der Waals surface area contributed by atoms with Crippen LogP contribution in [0, 0.1) is 0 Å². The minimum atomic E-state index is -0.339. The fourth-order valence-corrected chi connectivity index (χ4v) is 3.48. The van der Waals surface area contributed by atoms with Gasteiger partial charge in [0.15, 0.2) is 16.6 Å². The van der Waals surface area contributed by atoms with Crippen molar-refractivity contribution in [3.05, 3.63) is 40.9 Å². The van der Waals surface area contributed by atoms with Gasteiger partial charge in [-0.2, -0.15) is 0 Å². The number of amides is 1. The van der Waals surface area contributed by atoms with Crippen LogP contribution < -0.4 is 19.5 Å². The average Bonchev–Trinajstić information content (AvgIpc) is 3.01. The van der Waals surface area contributed by atoms with Crippen LogP contribution in [0.4, 0.5) is 5.13 Å². The van der Waals surface area contributed by atoms with Crippen molar-refractivity contribution in [2.24, 2.45) is 0 Å². The summed E-state index contributed by atoms with van der Waals surface area (Å²) < 4.78 is 16.5. The van der Waals surface area contributed by atoms with Gasteiger partial charge >= 0.3 is 0 Å². The van der Waals surface area contributed by atoms with Crippen LogP contribution in [0.2, 0.25) is 5.02 Å². The number of nitrogens with zero attached hydrogens (tertiary/aromatic N) is 1. The summed E-state index contributed by atoms with van der Waals surface area (Å²) in [5.74, 6) is 1.16. The number of halogens is 1. The van der Waals surface area contributed by atoms with Gasteiger partial charge in [0.25, 0.3) is 5.91 Å². The highest BCUT2D eigenvalue weighted by Gasteiger charge is 2.16. The molecule has 0 aliphatic carbocycles. The van der Waals surface area contributed by atoms with Gasteiger partial charge in [-0.3, -0.25) is 10.1 Å². The molecule has 0 bridgehead atoms. The second-order valence-corrected chi connectivity index (χ2v) is 6.44. The number of carbonyl (C=O) groups is 1. The Morgan fingerprint density at radius 2 is 1.92 bits per heavy atom. The van der Waals surface area contributed by atoms with Crippen LogP contribution in [0.3, 0.4) is 0 Å². The summed E-state index contributed by atoms with van der Waals surface area (Å²) in [6, 6.07) is 8.62. The van der Waals surface area contributed by atoms with Gasteiger partial charge < -0.3 is 14.2 Å². The molecule has 1 amide bonds. The molecule has 6 nitrogen and oxygen atoms in total. The van der Waals surface area contributed by atoms with Gasteiger partial charge in [-0.25, -0.2) is 4.98 Å². The van der Waals surface area contributed by atoms with Gasteiger partial charge in [-0.05, 0) is 30.3 Å². The van der Waals surface area contributed by atoms with Crippen molar-refractivity contribution in [2.45, 2.75) is 0 Å². The van der Waals surface area contributed by atoms with Crippen LogP contribution in [0.5, 0.6) is 17.2 Å². The van der Waals surface area contributed by atoms with Crippen molar-refractivity contribution in [1.82, 2.24) is 4.98 Å². The third kappa shape index (κ3) is 3.47. The molecule has 3 rings (SSSR count). The Bertz CT molecular complexity index is 942. The number of nitrogens with one attached hydrogen (secondary N) is 1. The Balaban J connectivity index is 1.88. The second kappa shape index (κ2) is 7.16. The SMILES string of the molecule is COc1ccc2nc(NC(=O)c3cc(Cl)c(OC)c(OC)c3)sc2c1. The molecule has 1 heterocycles. The number of methoxy groups -OCH3 is 3. The summed E-state index contributed by atoms with van der Waals surface area (Å²) in [6.45, 7) is 0. The molecule has 0 unspecified atom stereocenters. The maximum Gasteiger partial charge on any atom is 0.257 e. The number of fused-ring (bicyclic) bond motifs is 1. The number of carbonyl (C=O) groups excluding carboxylic acids is 1. The van der Waals surface area contributed by atoms with Crippen LogP contribution in [0.25, 0.3) is 10.2 Å². The molecule has 0 spiro atoms. The van der Waals surface area contributed by atoms with E-state index in [1.54, 1.807) is 13.2 Å². The minimum Gasteiger partial charge on any atom is -0.497 e. The van der Waals surface area contributed by atoms with Crippen LogP contribution in [0.1, 0.15) is 10.4 Å².